The van der Waals surface area contributed by atoms with E-state index in [9.17, 15) is 4.79 Å². The molecule has 5 heteroatoms. The molecule has 0 bridgehead atoms. The van der Waals surface area contributed by atoms with Crippen LogP contribution in [0.25, 0.3) is 0 Å². The number of aromatic nitrogens is 2. The van der Waals surface area contributed by atoms with Crippen molar-refractivity contribution in [3.63, 3.8) is 0 Å². The van der Waals surface area contributed by atoms with E-state index in [0.717, 1.165) is 22.5 Å². The highest BCUT2D eigenvalue weighted by molar-refractivity contribution is 5.98. The minimum absolute atomic E-state index is 0.0910. The molecule has 0 aliphatic rings. The van der Waals surface area contributed by atoms with Crippen LogP contribution in [0.5, 0.6) is 0 Å². The maximum absolute atomic E-state index is 13.1. The smallest absolute Gasteiger partial charge is 0.236 e. The molecule has 0 saturated heterocycles. The van der Waals surface area contributed by atoms with E-state index in [2.05, 4.69) is 20.6 Å². The lowest BCUT2D eigenvalue weighted by Gasteiger charge is -2.18. The topological polar surface area (TPSA) is 66.9 Å². The van der Waals surface area contributed by atoms with E-state index in [1.54, 1.807) is 18.6 Å². The number of pyridine rings is 2. The number of nitrogens with one attached hydrogen (secondary N) is 2. The minimum atomic E-state index is -0.392. The summed E-state index contributed by atoms with van der Waals surface area (Å²) in [6, 6.07) is 27.2. The average Bonchev–Trinajstić information content (AvgIpc) is 2.81. The fraction of sp³-hybridized carbons (Fsp3) is 0.0800. The standard InChI is InChI=1S/C25H22N4O/c30-25(24(20-7-3-1-4-8-20)21-9-5-2-6-10-21)29-22-11-12-23(28-18-22)27-17-19-13-15-26-16-14-19/h1-16,18,24H,17H2,(H,27,28)(H,29,30). The monoisotopic (exact) mass is 394 g/mol. The lowest BCUT2D eigenvalue weighted by Crippen LogP contribution is -2.22. The minimum Gasteiger partial charge on any atom is -0.366 e. The first-order valence-electron chi connectivity index (χ1n) is 9.79. The third kappa shape index (κ3) is 4.89. The Hall–Kier alpha value is -3.99. The van der Waals surface area contributed by atoms with Gasteiger partial charge in [-0.1, -0.05) is 60.7 Å². The fourth-order valence-corrected chi connectivity index (χ4v) is 3.27. The van der Waals surface area contributed by atoms with Crippen molar-refractivity contribution in [2.75, 3.05) is 10.6 Å². The number of carbonyl (C=O) groups excluding carboxylic acids is 1. The molecule has 2 N–H and O–H groups in total. The summed E-state index contributed by atoms with van der Waals surface area (Å²) >= 11 is 0. The predicted molar refractivity (Wildman–Crippen MR) is 119 cm³/mol. The molecule has 30 heavy (non-hydrogen) atoms. The first-order valence-corrected chi connectivity index (χ1v) is 9.79. The van der Waals surface area contributed by atoms with Gasteiger partial charge in [-0.15, -0.1) is 0 Å². The van der Waals surface area contributed by atoms with E-state index in [4.69, 9.17) is 0 Å². The second-order valence-electron chi connectivity index (χ2n) is 6.88. The van der Waals surface area contributed by atoms with Crippen LogP contribution in [0.1, 0.15) is 22.6 Å². The molecule has 0 radical (unpaired) electrons. The summed E-state index contributed by atoms with van der Waals surface area (Å²) in [6.45, 7) is 0.658. The fourth-order valence-electron chi connectivity index (χ4n) is 3.27. The van der Waals surface area contributed by atoms with Crippen molar-refractivity contribution in [3.05, 3.63) is 120 Å². The van der Waals surface area contributed by atoms with E-state index in [-0.39, 0.29) is 5.91 Å². The predicted octanol–water partition coefficient (Wildman–Crippen LogP) is 4.86. The Morgan fingerprint density at radius 3 is 2.00 bits per heavy atom. The molecule has 0 unspecified atom stereocenters. The zero-order valence-electron chi connectivity index (χ0n) is 16.4. The Balaban J connectivity index is 1.46. The average molecular weight is 394 g/mol. The number of hydrogen-bond donors (Lipinski definition) is 2. The van der Waals surface area contributed by atoms with E-state index < -0.39 is 5.92 Å². The number of amides is 1. The molecule has 0 aliphatic carbocycles. The molecule has 148 valence electrons. The highest BCUT2D eigenvalue weighted by Crippen LogP contribution is 2.26. The molecule has 4 rings (SSSR count). The van der Waals surface area contributed by atoms with Crippen LogP contribution in [0.4, 0.5) is 11.5 Å². The molecule has 0 saturated carbocycles. The van der Waals surface area contributed by atoms with Gasteiger partial charge in [0.15, 0.2) is 0 Å². The number of carbonyl (C=O) groups is 1. The lowest BCUT2D eigenvalue weighted by molar-refractivity contribution is -0.116. The zero-order valence-corrected chi connectivity index (χ0v) is 16.4. The lowest BCUT2D eigenvalue weighted by atomic mass is 9.90. The summed E-state index contributed by atoms with van der Waals surface area (Å²) in [4.78, 5) is 21.6. The Morgan fingerprint density at radius 2 is 1.43 bits per heavy atom. The van der Waals surface area contributed by atoms with Crippen molar-refractivity contribution in [1.29, 1.82) is 0 Å². The maximum Gasteiger partial charge on any atom is 0.236 e. The summed E-state index contributed by atoms with van der Waals surface area (Å²) < 4.78 is 0. The van der Waals surface area contributed by atoms with Gasteiger partial charge in [-0.25, -0.2) is 4.98 Å². The highest BCUT2D eigenvalue weighted by Gasteiger charge is 2.22. The Labute approximate surface area is 175 Å². The SMILES string of the molecule is O=C(Nc1ccc(NCc2ccncc2)nc1)C(c1ccccc1)c1ccccc1. The van der Waals surface area contributed by atoms with Gasteiger partial charge >= 0.3 is 0 Å². The molecule has 2 aromatic carbocycles. The second-order valence-corrected chi connectivity index (χ2v) is 6.88. The van der Waals surface area contributed by atoms with Gasteiger partial charge in [-0.2, -0.15) is 0 Å². The van der Waals surface area contributed by atoms with Crippen molar-refractivity contribution in [2.24, 2.45) is 0 Å². The van der Waals surface area contributed by atoms with Gasteiger partial charge in [0.2, 0.25) is 5.91 Å². The van der Waals surface area contributed by atoms with Gasteiger partial charge in [0.05, 0.1) is 17.8 Å². The normalized spacial score (nSPS) is 10.6. The van der Waals surface area contributed by atoms with Crippen LogP contribution >= 0.6 is 0 Å². The number of anilines is 2. The van der Waals surface area contributed by atoms with Crippen LogP contribution < -0.4 is 10.6 Å². The first-order chi connectivity index (χ1) is 14.8. The highest BCUT2D eigenvalue weighted by atomic mass is 16.1. The number of rotatable bonds is 7. The molecular weight excluding hydrogens is 372 g/mol. The summed E-state index contributed by atoms with van der Waals surface area (Å²) in [5, 5.41) is 6.27. The molecule has 5 nitrogen and oxygen atoms in total. The molecular formula is C25H22N4O. The van der Waals surface area contributed by atoms with Crippen molar-refractivity contribution >= 4 is 17.4 Å². The molecule has 0 aliphatic heterocycles. The van der Waals surface area contributed by atoms with Gasteiger partial charge in [-0.3, -0.25) is 9.78 Å². The Bertz CT molecular complexity index is 1030. The van der Waals surface area contributed by atoms with Crippen LogP contribution in [0.3, 0.4) is 0 Å². The third-order valence-electron chi connectivity index (χ3n) is 4.78. The van der Waals surface area contributed by atoms with Gasteiger partial charge in [0.25, 0.3) is 0 Å². The van der Waals surface area contributed by atoms with Crippen LogP contribution in [-0.4, -0.2) is 15.9 Å². The number of nitrogens with zero attached hydrogens (tertiary/aromatic N) is 2. The quantitative estimate of drug-likeness (QED) is 0.470. The Kier molecular flexibility index (Phi) is 6.11. The first kappa shape index (κ1) is 19.3. The molecule has 0 atom stereocenters. The van der Waals surface area contributed by atoms with Gasteiger partial charge in [0, 0.05) is 18.9 Å². The summed E-state index contributed by atoms with van der Waals surface area (Å²) in [5.74, 6) is 0.260. The van der Waals surface area contributed by atoms with Crippen LogP contribution in [0.15, 0.2) is 104 Å². The second kappa shape index (κ2) is 9.47. The van der Waals surface area contributed by atoms with Gasteiger partial charge in [-0.05, 0) is 41.0 Å². The van der Waals surface area contributed by atoms with Crippen LogP contribution in [0, 0.1) is 0 Å². The molecule has 2 aromatic heterocycles. The van der Waals surface area contributed by atoms with Crippen molar-refractivity contribution in [3.8, 4) is 0 Å². The van der Waals surface area contributed by atoms with Crippen LogP contribution in [0.2, 0.25) is 0 Å². The molecule has 2 heterocycles. The van der Waals surface area contributed by atoms with E-state index in [0.29, 0.717) is 12.2 Å². The van der Waals surface area contributed by atoms with Gasteiger partial charge in [0.1, 0.15) is 5.82 Å². The van der Waals surface area contributed by atoms with E-state index >= 15 is 0 Å². The summed E-state index contributed by atoms with van der Waals surface area (Å²) in [7, 11) is 0. The van der Waals surface area contributed by atoms with Gasteiger partial charge < -0.3 is 10.6 Å². The van der Waals surface area contributed by atoms with Crippen molar-refractivity contribution in [2.45, 2.75) is 12.5 Å². The molecule has 0 spiro atoms. The molecule has 0 fully saturated rings. The Morgan fingerprint density at radius 1 is 0.800 bits per heavy atom. The van der Waals surface area contributed by atoms with E-state index in [1.165, 1.54) is 0 Å². The zero-order chi connectivity index (χ0) is 20.6. The molecule has 1 amide bonds. The summed E-state index contributed by atoms with van der Waals surface area (Å²) in [5.41, 5.74) is 3.68. The van der Waals surface area contributed by atoms with Crippen LogP contribution in [-0.2, 0) is 11.3 Å². The number of hydrogen-bond acceptors (Lipinski definition) is 4. The maximum atomic E-state index is 13.1. The van der Waals surface area contributed by atoms with Crippen molar-refractivity contribution in [1.82, 2.24) is 9.97 Å². The van der Waals surface area contributed by atoms with E-state index in [1.807, 2.05) is 84.9 Å². The molecule has 4 aromatic rings. The third-order valence-corrected chi connectivity index (χ3v) is 4.78. The van der Waals surface area contributed by atoms with Crippen molar-refractivity contribution < 1.29 is 4.79 Å². The largest absolute Gasteiger partial charge is 0.366 e. The summed E-state index contributed by atoms with van der Waals surface area (Å²) in [6.07, 6.45) is 5.19. The number of benzene rings is 2.